The second-order valence-electron chi connectivity index (χ2n) is 8.12. The first-order chi connectivity index (χ1) is 16.1. The maximum Gasteiger partial charge on any atom is 0.416 e. The Kier molecular flexibility index (Phi) is 6.81. The largest absolute Gasteiger partial charge is 0.416 e. The Balaban J connectivity index is 1.37. The number of rotatable bonds is 5. The number of hydrogen-bond acceptors (Lipinski definition) is 5. The molecule has 180 valence electrons. The number of hydrogen-bond donors (Lipinski definition) is 1. The first-order valence-electron chi connectivity index (χ1n) is 10.7. The van der Waals surface area contributed by atoms with Crippen LogP contribution in [0.25, 0.3) is 5.82 Å². The number of benzene rings is 1. The van der Waals surface area contributed by atoms with Crippen molar-refractivity contribution in [1.29, 1.82) is 0 Å². The van der Waals surface area contributed by atoms with E-state index in [1.165, 1.54) is 0 Å². The van der Waals surface area contributed by atoms with Gasteiger partial charge in [0.1, 0.15) is 0 Å². The van der Waals surface area contributed by atoms with E-state index in [2.05, 4.69) is 20.3 Å². The maximum absolute atomic E-state index is 13.0. The summed E-state index contributed by atoms with van der Waals surface area (Å²) < 4.78 is 40.7. The first-order valence-corrected chi connectivity index (χ1v) is 11.1. The number of alkyl halides is 3. The lowest BCUT2D eigenvalue weighted by Gasteiger charge is -2.35. The van der Waals surface area contributed by atoms with Crippen LogP contribution in [-0.2, 0) is 11.0 Å². The minimum absolute atomic E-state index is 0.0479. The molecule has 1 amide bonds. The molecule has 11 heteroatoms. The molecule has 0 unspecified atom stereocenters. The normalized spacial score (nSPS) is 14.9. The zero-order chi connectivity index (χ0) is 24.5. The molecular formula is C23H24ClF3N6O. The van der Waals surface area contributed by atoms with E-state index >= 15 is 0 Å². The maximum atomic E-state index is 13.0. The molecule has 4 rings (SSSR count). The van der Waals surface area contributed by atoms with Gasteiger partial charge >= 0.3 is 6.18 Å². The van der Waals surface area contributed by atoms with Crippen molar-refractivity contribution < 1.29 is 18.0 Å². The van der Waals surface area contributed by atoms with E-state index < -0.39 is 17.6 Å². The lowest BCUT2D eigenvalue weighted by Crippen LogP contribution is -2.49. The standard InChI is InChI=1S/C23H24ClF3N6O/c1-15-22(16(2)33(30-15)20-5-3-4-8-28-20)32-11-9-31(10-12-32)14-21(34)29-19-13-17(23(25,26)27)6-7-18(19)24/h3-8,13H,9-12,14H2,1-2H3,(H,29,34). The van der Waals surface area contributed by atoms with Crippen LogP contribution >= 0.6 is 11.6 Å². The van der Waals surface area contributed by atoms with Gasteiger partial charge in [0.25, 0.3) is 0 Å². The van der Waals surface area contributed by atoms with Crippen LogP contribution in [-0.4, -0.2) is 58.3 Å². The average molecular weight is 493 g/mol. The fraction of sp³-hybridized carbons (Fsp3) is 0.348. The molecule has 1 fully saturated rings. The molecule has 0 radical (unpaired) electrons. The van der Waals surface area contributed by atoms with Gasteiger partial charge < -0.3 is 10.2 Å². The molecule has 0 aliphatic carbocycles. The minimum Gasteiger partial charge on any atom is -0.366 e. The summed E-state index contributed by atoms with van der Waals surface area (Å²) in [6.07, 6.45) is -2.79. The van der Waals surface area contributed by atoms with Crippen LogP contribution in [0.1, 0.15) is 17.0 Å². The summed E-state index contributed by atoms with van der Waals surface area (Å²) in [5.41, 5.74) is 2.02. The predicted octanol–water partition coefficient (Wildman–Crippen LogP) is 4.32. The lowest BCUT2D eigenvalue weighted by atomic mass is 10.2. The van der Waals surface area contributed by atoms with E-state index in [1.54, 1.807) is 6.20 Å². The number of anilines is 2. The highest BCUT2D eigenvalue weighted by Crippen LogP contribution is 2.34. The summed E-state index contributed by atoms with van der Waals surface area (Å²) >= 11 is 5.98. The SMILES string of the molecule is Cc1nn(-c2ccccn2)c(C)c1N1CCN(CC(=O)Nc2cc(C(F)(F)F)ccc2Cl)CC1. The molecule has 0 saturated carbocycles. The highest BCUT2D eigenvalue weighted by atomic mass is 35.5. The van der Waals surface area contributed by atoms with Crippen LogP contribution in [0.15, 0.2) is 42.6 Å². The van der Waals surface area contributed by atoms with Gasteiger partial charge in [-0.2, -0.15) is 18.3 Å². The van der Waals surface area contributed by atoms with Gasteiger partial charge in [0, 0.05) is 32.4 Å². The number of halogens is 4. The van der Waals surface area contributed by atoms with E-state index in [0.717, 1.165) is 41.1 Å². The van der Waals surface area contributed by atoms with E-state index in [-0.39, 0.29) is 17.3 Å². The molecule has 1 saturated heterocycles. The topological polar surface area (TPSA) is 66.3 Å². The molecule has 34 heavy (non-hydrogen) atoms. The number of nitrogens with one attached hydrogen (secondary N) is 1. The Hall–Kier alpha value is -3.11. The van der Waals surface area contributed by atoms with Gasteiger partial charge in [0.2, 0.25) is 5.91 Å². The fourth-order valence-electron chi connectivity index (χ4n) is 4.11. The van der Waals surface area contributed by atoms with Gasteiger partial charge in [-0.1, -0.05) is 17.7 Å². The van der Waals surface area contributed by atoms with Crippen molar-refractivity contribution in [2.75, 3.05) is 42.9 Å². The van der Waals surface area contributed by atoms with E-state index in [1.807, 2.05) is 41.6 Å². The van der Waals surface area contributed by atoms with Gasteiger partial charge in [-0.15, -0.1) is 0 Å². The molecule has 0 atom stereocenters. The molecule has 0 bridgehead atoms. The second kappa shape index (κ2) is 9.63. The minimum atomic E-state index is -4.51. The average Bonchev–Trinajstić information content (AvgIpc) is 3.09. The summed E-state index contributed by atoms with van der Waals surface area (Å²) in [6, 6.07) is 8.53. The molecule has 1 N–H and O–H groups in total. The van der Waals surface area contributed by atoms with Crippen LogP contribution in [0.2, 0.25) is 5.02 Å². The molecule has 7 nitrogen and oxygen atoms in total. The number of carbonyl (C=O) groups excluding carboxylic acids is 1. The second-order valence-corrected chi connectivity index (χ2v) is 8.53. The predicted molar refractivity (Wildman–Crippen MR) is 125 cm³/mol. The fourth-order valence-corrected chi connectivity index (χ4v) is 4.28. The Labute approximate surface area is 200 Å². The third-order valence-electron chi connectivity index (χ3n) is 5.74. The van der Waals surface area contributed by atoms with Gasteiger partial charge in [0.15, 0.2) is 5.82 Å². The quantitative estimate of drug-likeness (QED) is 0.574. The van der Waals surface area contributed by atoms with E-state index in [4.69, 9.17) is 11.6 Å². The van der Waals surface area contributed by atoms with Crippen molar-refractivity contribution in [2.24, 2.45) is 0 Å². The summed E-state index contributed by atoms with van der Waals surface area (Å²) in [7, 11) is 0. The third kappa shape index (κ3) is 5.18. The molecular weight excluding hydrogens is 469 g/mol. The number of aryl methyl sites for hydroxylation is 1. The van der Waals surface area contributed by atoms with Crippen molar-refractivity contribution in [3.63, 3.8) is 0 Å². The number of pyridine rings is 1. The Bertz CT molecular complexity index is 1170. The van der Waals surface area contributed by atoms with Gasteiger partial charge in [-0.05, 0) is 44.2 Å². The number of amides is 1. The number of aromatic nitrogens is 3. The smallest absolute Gasteiger partial charge is 0.366 e. The Morgan fingerprint density at radius 3 is 2.50 bits per heavy atom. The first kappa shape index (κ1) is 24.0. The Morgan fingerprint density at radius 2 is 1.85 bits per heavy atom. The van der Waals surface area contributed by atoms with Gasteiger partial charge in [-0.25, -0.2) is 9.67 Å². The van der Waals surface area contributed by atoms with Crippen LogP contribution in [0.3, 0.4) is 0 Å². The van der Waals surface area contributed by atoms with Crippen LogP contribution in [0.4, 0.5) is 24.5 Å². The highest BCUT2D eigenvalue weighted by Gasteiger charge is 2.31. The molecule has 0 spiro atoms. The molecule has 1 aliphatic heterocycles. The van der Waals surface area contributed by atoms with Crippen molar-refractivity contribution in [1.82, 2.24) is 19.7 Å². The summed E-state index contributed by atoms with van der Waals surface area (Å²) in [4.78, 5) is 21.0. The number of piperazine rings is 1. The number of nitrogens with zero attached hydrogens (tertiary/aromatic N) is 5. The van der Waals surface area contributed by atoms with Gasteiger partial charge in [0.05, 0.1) is 39.9 Å². The van der Waals surface area contributed by atoms with Crippen molar-refractivity contribution in [3.8, 4) is 5.82 Å². The highest BCUT2D eigenvalue weighted by molar-refractivity contribution is 6.33. The monoisotopic (exact) mass is 492 g/mol. The zero-order valence-corrected chi connectivity index (χ0v) is 19.5. The lowest BCUT2D eigenvalue weighted by molar-refractivity contribution is -0.137. The zero-order valence-electron chi connectivity index (χ0n) is 18.7. The molecule has 2 aromatic heterocycles. The summed E-state index contributed by atoms with van der Waals surface area (Å²) in [6.45, 7) is 6.64. The van der Waals surface area contributed by atoms with Crippen molar-refractivity contribution >= 4 is 28.9 Å². The van der Waals surface area contributed by atoms with E-state index in [0.29, 0.717) is 26.2 Å². The molecule has 1 aromatic carbocycles. The summed E-state index contributed by atoms with van der Waals surface area (Å²) in [5.74, 6) is 0.336. The molecule has 3 aromatic rings. The molecule has 1 aliphatic rings. The number of carbonyl (C=O) groups is 1. The van der Waals surface area contributed by atoms with Gasteiger partial charge in [-0.3, -0.25) is 9.69 Å². The van der Waals surface area contributed by atoms with E-state index in [9.17, 15) is 18.0 Å². The Morgan fingerprint density at radius 1 is 1.12 bits per heavy atom. The van der Waals surface area contributed by atoms with Crippen molar-refractivity contribution in [3.05, 3.63) is 64.6 Å². The molecule has 3 heterocycles. The van der Waals surface area contributed by atoms with Crippen LogP contribution in [0.5, 0.6) is 0 Å². The van der Waals surface area contributed by atoms with Crippen LogP contribution < -0.4 is 10.2 Å². The van der Waals surface area contributed by atoms with Crippen LogP contribution in [0, 0.1) is 13.8 Å². The third-order valence-corrected chi connectivity index (χ3v) is 6.07. The summed E-state index contributed by atoms with van der Waals surface area (Å²) in [5, 5.41) is 7.21. The van der Waals surface area contributed by atoms with Crippen molar-refractivity contribution in [2.45, 2.75) is 20.0 Å².